The number of aryl methyl sites for hydroxylation is 2. The molecule has 1 rings (SSSR count). The second-order valence-electron chi connectivity index (χ2n) is 3.81. The highest BCUT2D eigenvalue weighted by Gasteiger charge is 2.04. The van der Waals surface area contributed by atoms with E-state index in [9.17, 15) is 4.79 Å². The third kappa shape index (κ3) is 3.21. The molecule has 0 atom stereocenters. The van der Waals surface area contributed by atoms with Crippen LogP contribution in [0.2, 0.25) is 0 Å². The van der Waals surface area contributed by atoms with Gasteiger partial charge in [-0.15, -0.1) is 0 Å². The van der Waals surface area contributed by atoms with Crippen LogP contribution in [-0.2, 0) is 4.79 Å². The molecule has 0 saturated carbocycles. The lowest BCUT2D eigenvalue weighted by Gasteiger charge is -2.09. The van der Waals surface area contributed by atoms with Crippen molar-refractivity contribution in [2.75, 3.05) is 6.61 Å². The molecule has 3 heteroatoms. The van der Waals surface area contributed by atoms with Gasteiger partial charge in [0, 0.05) is 0 Å². The first kappa shape index (κ1) is 12.5. The number of unbranched alkanes of at least 4 members (excludes halogenated alkanes) is 1. The summed E-state index contributed by atoms with van der Waals surface area (Å²) in [7, 11) is 0. The molecule has 0 fully saturated rings. The predicted molar refractivity (Wildman–Crippen MR) is 64.1 cm³/mol. The largest absolute Gasteiger partial charge is 0.494 e. The Labute approximate surface area is 96.2 Å². The zero-order valence-corrected chi connectivity index (χ0v) is 10.0. The van der Waals surface area contributed by atoms with Crippen molar-refractivity contribution in [3.63, 3.8) is 0 Å². The van der Waals surface area contributed by atoms with E-state index in [1.54, 1.807) is 6.08 Å². The van der Waals surface area contributed by atoms with Crippen LogP contribution in [-0.4, -0.2) is 12.7 Å². The van der Waals surface area contributed by atoms with Gasteiger partial charge in [-0.25, -0.2) is 4.79 Å². The lowest BCUT2D eigenvalue weighted by molar-refractivity contribution is 0.309. The maximum absolute atomic E-state index is 10.3. The standard InChI is InChI=1S/C13H17NO2/c1-4-5-6-16-12-7-10(2)13(14-9-15)11(3)8-12/h7-8H,4-6H2,1-3H3. The number of isocyanates is 1. The smallest absolute Gasteiger partial charge is 0.240 e. The molecule has 0 N–H and O–H groups in total. The molecule has 3 nitrogen and oxygen atoms in total. The van der Waals surface area contributed by atoms with Gasteiger partial charge in [-0.05, 0) is 43.5 Å². The van der Waals surface area contributed by atoms with E-state index < -0.39 is 0 Å². The number of hydrogen-bond acceptors (Lipinski definition) is 3. The van der Waals surface area contributed by atoms with E-state index in [-0.39, 0.29) is 0 Å². The summed E-state index contributed by atoms with van der Waals surface area (Å²) in [4.78, 5) is 13.9. The minimum absolute atomic E-state index is 0.692. The second kappa shape index (κ2) is 6.09. The van der Waals surface area contributed by atoms with Gasteiger partial charge in [-0.2, -0.15) is 4.99 Å². The fraction of sp³-hybridized carbons (Fsp3) is 0.462. The highest BCUT2D eigenvalue weighted by Crippen LogP contribution is 2.28. The van der Waals surface area contributed by atoms with Gasteiger partial charge in [0.2, 0.25) is 6.08 Å². The van der Waals surface area contributed by atoms with E-state index in [1.165, 1.54) is 0 Å². The lowest BCUT2D eigenvalue weighted by atomic mass is 10.1. The second-order valence-corrected chi connectivity index (χ2v) is 3.81. The lowest BCUT2D eigenvalue weighted by Crippen LogP contribution is -1.97. The Bertz CT molecular complexity index is 383. The van der Waals surface area contributed by atoms with E-state index in [2.05, 4.69) is 11.9 Å². The first-order valence-electron chi connectivity index (χ1n) is 5.51. The number of hydrogen-bond donors (Lipinski definition) is 0. The molecular weight excluding hydrogens is 202 g/mol. The van der Waals surface area contributed by atoms with Crippen molar-refractivity contribution in [1.29, 1.82) is 0 Å². The van der Waals surface area contributed by atoms with Crippen molar-refractivity contribution >= 4 is 11.8 Å². The van der Waals surface area contributed by atoms with Crippen LogP contribution in [0.5, 0.6) is 5.75 Å². The Morgan fingerprint density at radius 1 is 1.31 bits per heavy atom. The average molecular weight is 219 g/mol. The Balaban J connectivity index is 2.87. The van der Waals surface area contributed by atoms with Gasteiger partial charge in [0.15, 0.2) is 0 Å². The fourth-order valence-corrected chi connectivity index (χ4v) is 1.56. The van der Waals surface area contributed by atoms with E-state index >= 15 is 0 Å². The van der Waals surface area contributed by atoms with Crippen molar-refractivity contribution in [1.82, 2.24) is 0 Å². The summed E-state index contributed by atoms with van der Waals surface area (Å²) < 4.78 is 5.60. The minimum atomic E-state index is 0.692. The third-order valence-electron chi connectivity index (χ3n) is 2.39. The topological polar surface area (TPSA) is 38.7 Å². The van der Waals surface area contributed by atoms with Gasteiger partial charge < -0.3 is 4.74 Å². The molecular formula is C13H17NO2. The first-order chi connectivity index (χ1) is 7.69. The highest BCUT2D eigenvalue weighted by atomic mass is 16.5. The average Bonchev–Trinajstić information content (AvgIpc) is 2.24. The van der Waals surface area contributed by atoms with Gasteiger partial charge in [0.25, 0.3) is 0 Å². The molecule has 0 amide bonds. The van der Waals surface area contributed by atoms with Crippen LogP contribution in [0.3, 0.4) is 0 Å². The third-order valence-corrected chi connectivity index (χ3v) is 2.39. The van der Waals surface area contributed by atoms with Crippen molar-refractivity contribution in [3.05, 3.63) is 23.3 Å². The summed E-state index contributed by atoms with van der Waals surface area (Å²) in [6.07, 6.45) is 3.74. The van der Waals surface area contributed by atoms with Crippen molar-refractivity contribution < 1.29 is 9.53 Å². The number of carbonyl (C=O) groups excluding carboxylic acids is 1. The van der Waals surface area contributed by atoms with Crippen LogP contribution in [0.4, 0.5) is 5.69 Å². The number of rotatable bonds is 5. The highest BCUT2D eigenvalue weighted by molar-refractivity contribution is 5.60. The Hall–Kier alpha value is -1.60. The monoisotopic (exact) mass is 219 g/mol. The molecule has 0 bridgehead atoms. The van der Waals surface area contributed by atoms with Crippen molar-refractivity contribution in [2.45, 2.75) is 33.6 Å². The van der Waals surface area contributed by atoms with Crippen LogP contribution < -0.4 is 4.74 Å². The molecule has 16 heavy (non-hydrogen) atoms. The zero-order valence-electron chi connectivity index (χ0n) is 10.0. The molecule has 0 heterocycles. The quantitative estimate of drug-likeness (QED) is 0.432. The molecule has 1 aromatic rings. The van der Waals surface area contributed by atoms with Gasteiger partial charge in [0.1, 0.15) is 5.75 Å². The Morgan fingerprint density at radius 3 is 2.44 bits per heavy atom. The predicted octanol–water partition coefficient (Wildman–Crippen LogP) is 3.45. The van der Waals surface area contributed by atoms with Crippen LogP contribution in [0.1, 0.15) is 30.9 Å². The van der Waals surface area contributed by atoms with Crippen molar-refractivity contribution in [2.24, 2.45) is 4.99 Å². The molecule has 0 aliphatic carbocycles. The number of ether oxygens (including phenoxy) is 1. The van der Waals surface area contributed by atoms with E-state index in [0.717, 1.165) is 36.3 Å². The van der Waals surface area contributed by atoms with E-state index in [0.29, 0.717) is 5.69 Å². The summed E-state index contributed by atoms with van der Waals surface area (Å²) in [6.45, 7) is 6.68. The zero-order chi connectivity index (χ0) is 12.0. The molecule has 0 aliphatic heterocycles. The van der Waals surface area contributed by atoms with Gasteiger partial charge >= 0.3 is 0 Å². The van der Waals surface area contributed by atoms with Gasteiger partial charge in [0.05, 0.1) is 12.3 Å². The molecule has 0 saturated heterocycles. The number of aliphatic imine (C=N–C) groups is 1. The molecule has 0 radical (unpaired) electrons. The fourth-order valence-electron chi connectivity index (χ4n) is 1.56. The number of nitrogens with zero attached hydrogens (tertiary/aromatic N) is 1. The molecule has 0 unspecified atom stereocenters. The Kier molecular flexibility index (Phi) is 4.74. The molecule has 86 valence electrons. The molecule has 1 aromatic carbocycles. The van der Waals surface area contributed by atoms with Crippen LogP contribution >= 0.6 is 0 Å². The normalized spacial score (nSPS) is 9.69. The van der Waals surface area contributed by atoms with E-state index in [4.69, 9.17) is 4.74 Å². The summed E-state index contributed by atoms with van der Waals surface area (Å²) in [5.41, 5.74) is 2.57. The summed E-state index contributed by atoms with van der Waals surface area (Å²) in [6, 6.07) is 3.80. The summed E-state index contributed by atoms with van der Waals surface area (Å²) in [5, 5.41) is 0. The Morgan fingerprint density at radius 2 is 1.94 bits per heavy atom. The molecule has 0 aliphatic rings. The van der Waals surface area contributed by atoms with Crippen LogP contribution in [0.15, 0.2) is 17.1 Å². The summed E-state index contributed by atoms with van der Waals surface area (Å²) in [5.74, 6) is 0.841. The number of benzene rings is 1. The van der Waals surface area contributed by atoms with Crippen LogP contribution in [0, 0.1) is 13.8 Å². The summed E-state index contributed by atoms with van der Waals surface area (Å²) >= 11 is 0. The maximum Gasteiger partial charge on any atom is 0.240 e. The minimum Gasteiger partial charge on any atom is -0.494 e. The first-order valence-corrected chi connectivity index (χ1v) is 5.51. The maximum atomic E-state index is 10.3. The van der Waals surface area contributed by atoms with Crippen molar-refractivity contribution in [3.8, 4) is 5.75 Å². The SMILES string of the molecule is CCCCOc1cc(C)c(N=C=O)c(C)c1. The van der Waals surface area contributed by atoms with Crippen LogP contribution in [0.25, 0.3) is 0 Å². The van der Waals surface area contributed by atoms with Gasteiger partial charge in [-0.1, -0.05) is 13.3 Å². The molecule has 0 spiro atoms. The molecule has 0 aromatic heterocycles. The van der Waals surface area contributed by atoms with Gasteiger partial charge in [-0.3, -0.25) is 0 Å². The van der Waals surface area contributed by atoms with E-state index in [1.807, 2.05) is 26.0 Å².